The predicted molar refractivity (Wildman–Crippen MR) is 68.9 cm³/mol. The highest BCUT2D eigenvalue weighted by atomic mass is 35.5. The van der Waals surface area contributed by atoms with Gasteiger partial charge in [-0.1, -0.05) is 30.9 Å². The molecule has 1 N–H and O–H groups in total. The highest BCUT2D eigenvalue weighted by Crippen LogP contribution is 2.44. The van der Waals surface area contributed by atoms with Crippen LogP contribution in [0.4, 0.5) is 13.2 Å². The van der Waals surface area contributed by atoms with Crippen molar-refractivity contribution in [3.8, 4) is 0 Å². The summed E-state index contributed by atoms with van der Waals surface area (Å²) in [6.07, 6.45) is -1.61. The average molecular weight is 307 g/mol. The molecule has 0 aromatic heterocycles. The van der Waals surface area contributed by atoms with Gasteiger partial charge in [0, 0.05) is 5.02 Å². The number of carboxylic acid groups (broad SMARTS) is 1. The molecule has 1 aliphatic carbocycles. The van der Waals surface area contributed by atoms with Gasteiger partial charge in [0.2, 0.25) is 0 Å². The summed E-state index contributed by atoms with van der Waals surface area (Å²) in [6, 6.07) is 2.91. The molecule has 6 heteroatoms. The Bertz CT molecular complexity index is 520. The second-order valence-electron chi connectivity index (χ2n) is 5.14. The molecule has 0 unspecified atom stereocenters. The average Bonchev–Trinajstić information content (AvgIpc) is 2.38. The zero-order chi connectivity index (χ0) is 15.0. The molecule has 1 aliphatic rings. The molecule has 1 aromatic rings. The smallest absolute Gasteiger partial charge is 0.416 e. The molecular weight excluding hydrogens is 293 g/mol. The molecule has 0 bridgehead atoms. The number of hydrogen-bond donors (Lipinski definition) is 1. The van der Waals surface area contributed by atoms with Crippen molar-refractivity contribution in [3.63, 3.8) is 0 Å². The monoisotopic (exact) mass is 306 g/mol. The molecule has 110 valence electrons. The molecule has 1 fully saturated rings. The summed E-state index contributed by atoms with van der Waals surface area (Å²) in [6.45, 7) is 0. The maximum atomic E-state index is 12.8. The van der Waals surface area contributed by atoms with Crippen LogP contribution in [-0.4, -0.2) is 11.1 Å². The molecule has 1 aromatic carbocycles. The summed E-state index contributed by atoms with van der Waals surface area (Å²) in [4.78, 5) is 11.7. The van der Waals surface area contributed by atoms with Crippen molar-refractivity contribution in [1.29, 1.82) is 0 Å². The minimum absolute atomic E-state index is 0.0844. The number of alkyl halides is 3. The largest absolute Gasteiger partial charge is 0.481 e. The second kappa shape index (κ2) is 5.28. The maximum Gasteiger partial charge on any atom is 0.416 e. The van der Waals surface area contributed by atoms with Crippen LogP contribution in [0, 0.1) is 0 Å². The summed E-state index contributed by atoms with van der Waals surface area (Å²) in [7, 11) is 0. The molecule has 0 heterocycles. The van der Waals surface area contributed by atoms with Crippen LogP contribution in [0.1, 0.15) is 43.2 Å². The van der Waals surface area contributed by atoms with E-state index in [1.54, 1.807) is 0 Å². The fourth-order valence-corrected chi connectivity index (χ4v) is 3.12. The predicted octanol–water partition coefficient (Wildman–Crippen LogP) is 4.65. The van der Waals surface area contributed by atoms with Gasteiger partial charge < -0.3 is 5.11 Å². The standard InChI is InChI=1S/C14H14ClF3O2/c15-11-5-4-9(14(16,17)18)8-10(11)13(12(19)20)6-2-1-3-7-13/h4-5,8H,1-3,6-7H2,(H,19,20). The summed E-state index contributed by atoms with van der Waals surface area (Å²) in [5.41, 5.74) is -2.07. The number of halogens is 4. The lowest BCUT2D eigenvalue weighted by molar-refractivity contribution is -0.145. The van der Waals surface area contributed by atoms with Gasteiger partial charge in [0.1, 0.15) is 0 Å². The fourth-order valence-electron chi connectivity index (χ4n) is 2.82. The van der Waals surface area contributed by atoms with E-state index in [1.165, 1.54) is 0 Å². The number of hydrogen-bond acceptors (Lipinski definition) is 1. The Hall–Kier alpha value is -1.23. The fraction of sp³-hybridized carbons (Fsp3) is 0.500. The molecule has 1 saturated carbocycles. The van der Waals surface area contributed by atoms with E-state index < -0.39 is 23.1 Å². The maximum absolute atomic E-state index is 12.8. The number of benzene rings is 1. The molecule has 0 saturated heterocycles. The van der Waals surface area contributed by atoms with Gasteiger partial charge in [0.25, 0.3) is 0 Å². The van der Waals surface area contributed by atoms with E-state index in [9.17, 15) is 23.1 Å². The first-order valence-electron chi connectivity index (χ1n) is 6.38. The first-order valence-corrected chi connectivity index (χ1v) is 6.76. The van der Waals surface area contributed by atoms with Gasteiger partial charge in [-0.05, 0) is 36.6 Å². The zero-order valence-corrected chi connectivity index (χ0v) is 11.4. The first-order chi connectivity index (χ1) is 9.27. The second-order valence-corrected chi connectivity index (χ2v) is 5.55. The molecule has 0 radical (unpaired) electrons. The van der Waals surface area contributed by atoms with Crippen molar-refractivity contribution in [2.75, 3.05) is 0 Å². The first kappa shape index (κ1) is 15.2. The Morgan fingerprint density at radius 1 is 1.20 bits per heavy atom. The molecule has 20 heavy (non-hydrogen) atoms. The number of carboxylic acids is 1. The van der Waals surface area contributed by atoms with E-state index >= 15 is 0 Å². The molecule has 0 aliphatic heterocycles. The number of carbonyl (C=O) groups is 1. The minimum atomic E-state index is -4.51. The molecule has 0 spiro atoms. The van der Waals surface area contributed by atoms with E-state index in [0.717, 1.165) is 24.6 Å². The molecule has 2 nitrogen and oxygen atoms in total. The lowest BCUT2D eigenvalue weighted by Crippen LogP contribution is -2.38. The van der Waals surface area contributed by atoms with Gasteiger partial charge in [0.05, 0.1) is 11.0 Å². The van der Waals surface area contributed by atoms with Crippen molar-refractivity contribution in [1.82, 2.24) is 0 Å². The Labute approximate surface area is 119 Å². The van der Waals surface area contributed by atoms with E-state index in [2.05, 4.69) is 0 Å². The normalized spacial score (nSPS) is 18.8. The van der Waals surface area contributed by atoms with Crippen LogP contribution in [0.2, 0.25) is 5.02 Å². The van der Waals surface area contributed by atoms with Gasteiger partial charge >= 0.3 is 12.1 Å². The zero-order valence-electron chi connectivity index (χ0n) is 10.6. The highest BCUT2D eigenvalue weighted by molar-refractivity contribution is 6.31. The summed E-state index contributed by atoms with van der Waals surface area (Å²) < 4.78 is 38.4. The topological polar surface area (TPSA) is 37.3 Å². The van der Waals surface area contributed by atoms with E-state index in [0.29, 0.717) is 25.7 Å². The van der Waals surface area contributed by atoms with Gasteiger partial charge in [0.15, 0.2) is 0 Å². The van der Waals surface area contributed by atoms with Crippen LogP contribution in [0.3, 0.4) is 0 Å². The van der Waals surface area contributed by atoms with Crippen LogP contribution in [0.15, 0.2) is 18.2 Å². The number of aliphatic carboxylic acids is 1. The van der Waals surface area contributed by atoms with Crippen LogP contribution >= 0.6 is 11.6 Å². The Morgan fingerprint density at radius 3 is 2.30 bits per heavy atom. The quantitative estimate of drug-likeness (QED) is 0.864. The van der Waals surface area contributed by atoms with Crippen molar-refractivity contribution >= 4 is 17.6 Å². The van der Waals surface area contributed by atoms with Crippen LogP contribution in [0.5, 0.6) is 0 Å². The lowest BCUT2D eigenvalue weighted by Gasteiger charge is -2.34. The Balaban J connectivity index is 2.56. The van der Waals surface area contributed by atoms with Crippen molar-refractivity contribution in [2.24, 2.45) is 0 Å². The van der Waals surface area contributed by atoms with Crippen LogP contribution in [0.25, 0.3) is 0 Å². The van der Waals surface area contributed by atoms with Gasteiger partial charge in [-0.15, -0.1) is 0 Å². The van der Waals surface area contributed by atoms with Gasteiger partial charge in [-0.25, -0.2) is 0 Å². The van der Waals surface area contributed by atoms with Crippen LogP contribution in [-0.2, 0) is 16.4 Å². The van der Waals surface area contributed by atoms with Crippen molar-refractivity contribution < 1.29 is 23.1 Å². The van der Waals surface area contributed by atoms with Crippen LogP contribution < -0.4 is 0 Å². The molecular formula is C14H14ClF3O2. The summed E-state index contributed by atoms with van der Waals surface area (Å²) >= 11 is 5.98. The van der Waals surface area contributed by atoms with E-state index in [-0.39, 0.29) is 10.6 Å². The summed E-state index contributed by atoms with van der Waals surface area (Å²) in [5, 5.41) is 9.61. The van der Waals surface area contributed by atoms with Crippen molar-refractivity contribution in [2.45, 2.75) is 43.7 Å². The van der Waals surface area contributed by atoms with E-state index in [1.807, 2.05) is 0 Å². The molecule has 2 rings (SSSR count). The molecule has 0 atom stereocenters. The van der Waals surface area contributed by atoms with E-state index in [4.69, 9.17) is 11.6 Å². The summed E-state index contributed by atoms with van der Waals surface area (Å²) in [5.74, 6) is -1.10. The Kier molecular flexibility index (Phi) is 4.00. The minimum Gasteiger partial charge on any atom is -0.481 e. The third-order valence-electron chi connectivity index (χ3n) is 3.93. The van der Waals surface area contributed by atoms with Gasteiger partial charge in [-0.2, -0.15) is 13.2 Å². The highest BCUT2D eigenvalue weighted by Gasteiger charge is 2.44. The third kappa shape index (κ3) is 2.64. The molecule has 0 amide bonds. The Morgan fingerprint density at radius 2 is 1.80 bits per heavy atom. The van der Waals surface area contributed by atoms with Crippen molar-refractivity contribution in [3.05, 3.63) is 34.3 Å². The third-order valence-corrected chi connectivity index (χ3v) is 4.26. The SMILES string of the molecule is O=C(O)C1(c2cc(C(F)(F)F)ccc2Cl)CCCCC1. The number of rotatable bonds is 2. The van der Waals surface area contributed by atoms with Gasteiger partial charge in [-0.3, -0.25) is 4.79 Å². The lowest BCUT2D eigenvalue weighted by atomic mass is 9.69.